The van der Waals surface area contributed by atoms with Gasteiger partial charge in [0.2, 0.25) is 5.91 Å². The molecule has 0 aromatic carbocycles. The van der Waals surface area contributed by atoms with Crippen LogP contribution in [0.25, 0.3) is 0 Å². The average molecular weight is 311 g/mol. The lowest BCUT2D eigenvalue weighted by Gasteiger charge is -2.39. The summed E-state index contributed by atoms with van der Waals surface area (Å²) in [6.07, 6.45) is 6.10. The van der Waals surface area contributed by atoms with Gasteiger partial charge in [-0.05, 0) is 49.4 Å². The second kappa shape index (κ2) is 5.86. The zero-order valence-electron chi connectivity index (χ0n) is 14.0. The number of hydroxylamine groups is 2. The van der Waals surface area contributed by atoms with E-state index in [4.69, 9.17) is 4.43 Å². The fourth-order valence-corrected chi connectivity index (χ4v) is 4.25. The van der Waals surface area contributed by atoms with Crippen LogP contribution in [0.5, 0.6) is 0 Å². The van der Waals surface area contributed by atoms with Crippen LogP contribution in [-0.4, -0.2) is 36.6 Å². The van der Waals surface area contributed by atoms with Gasteiger partial charge in [0.05, 0.1) is 18.6 Å². The van der Waals surface area contributed by atoms with Crippen molar-refractivity contribution in [2.75, 3.05) is 0 Å². The van der Waals surface area contributed by atoms with E-state index in [2.05, 4.69) is 39.9 Å². The van der Waals surface area contributed by atoms with Crippen LogP contribution in [0.2, 0.25) is 18.1 Å². The van der Waals surface area contributed by atoms with Gasteiger partial charge < -0.3 is 4.43 Å². The van der Waals surface area contributed by atoms with Crippen LogP contribution in [0, 0.1) is 0 Å². The van der Waals surface area contributed by atoms with Gasteiger partial charge in [0, 0.05) is 0 Å². The molecule has 2 aliphatic rings. The minimum Gasteiger partial charge on any atom is -0.413 e. The van der Waals surface area contributed by atoms with Crippen LogP contribution in [0.1, 0.15) is 52.9 Å². The highest BCUT2D eigenvalue weighted by Gasteiger charge is 2.42. The Kier molecular flexibility index (Phi) is 4.66. The summed E-state index contributed by atoms with van der Waals surface area (Å²) in [6, 6.07) is -0.126. The van der Waals surface area contributed by atoms with E-state index in [-0.39, 0.29) is 29.5 Å². The van der Waals surface area contributed by atoms with Gasteiger partial charge >= 0.3 is 0 Å². The second-order valence-electron chi connectivity index (χ2n) is 7.87. The first-order valence-corrected chi connectivity index (χ1v) is 10.9. The first kappa shape index (κ1) is 16.7. The van der Waals surface area contributed by atoms with E-state index in [1.165, 1.54) is 5.57 Å². The Morgan fingerprint density at radius 1 is 1.33 bits per heavy atom. The summed E-state index contributed by atoms with van der Waals surface area (Å²) >= 11 is 0. The molecule has 0 saturated carbocycles. The van der Waals surface area contributed by atoms with E-state index < -0.39 is 8.32 Å². The summed E-state index contributed by atoms with van der Waals surface area (Å²) < 4.78 is 6.43. The topological polar surface area (TPSA) is 49.8 Å². The molecule has 1 aliphatic heterocycles. The summed E-state index contributed by atoms with van der Waals surface area (Å²) in [4.78, 5) is 12.2. The summed E-state index contributed by atoms with van der Waals surface area (Å²) in [5, 5.41) is 11.2. The number of amides is 1. The Morgan fingerprint density at radius 2 is 2.00 bits per heavy atom. The van der Waals surface area contributed by atoms with Crippen molar-refractivity contribution >= 4 is 14.2 Å². The molecule has 0 radical (unpaired) electrons. The molecule has 4 nitrogen and oxygen atoms in total. The predicted octanol–water partition coefficient (Wildman–Crippen LogP) is 3.87. The molecule has 1 heterocycles. The van der Waals surface area contributed by atoms with Crippen LogP contribution in [-0.2, 0) is 9.22 Å². The van der Waals surface area contributed by atoms with Crippen molar-refractivity contribution in [1.29, 1.82) is 0 Å². The van der Waals surface area contributed by atoms with Gasteiger partial charge in [-0.15, -0.1) is 0 Å². The normalized spacial score (nSPS) is 28.0. The number of rotatable bonds is 2. The molecular formula is C16H29NO3Si. The Hall–Kier alpha value is -0.653. The summed E-state index contributed by atoms with van der Waals surface area (Å²) in [6.45, 7) is 11.0. The van der Waals surface area contributed by atoms with Crippen molar-refractivity contribution in [3.63, 3.8) is 0 Å². The molecule has 0 spiro atoms. The number of hydrogen-bond donors (Lipinski definition) is 1. The van der Waals surface area contributed by atoms with E-state index in [9.17, 15) is 10.0 Å². The zero-order valence-corrected chi connectivity index (χ0v) is 15.0. The standard InChI is InChI=1S/C16H29NO3Si/c1-16(2,3)21(4,5)20-13-10-12-8-6-7-9-14(12)17(19)15(18)11-13/h8,13-14,19H,6-7,9-11H2,1-5H3. The van der Waals surface area contributed by atoms with Crippen LogP contribution >= 0.6 is 0 Å². The van der Waals surface area contributed by atoms with Gasteiger partial charge in [-0.2, -0.15) is 0 Å². The summed E-state index contributed by atoms with van der Waals surface area (Å²) in [5.41, 5.74) is 1.18. The van der Waals surface area contributed by atoms with E-state index >= 15 is 0 Å². The molecule has 0 aromatic rings. The maximum atomic E-state index is 12.2. The molecular weight excluding hydrogens is 282 g/mol. The number of fused-ring (bicyclic) bond motifs is 1. The molecule has 1 N–H and O–H groups in total. The fourth-order valence-electron chi connectivity index (χ4n) is 2.89. The Bertz CT molecular complexity index is 439. The molecule has 2 unspecified atom stereocenters. The number of carbonyl (C=O) groups is 1. The van der Waals surface area contributed by atoms with E-state index in [1.807, 2.05) is 0 Å². The maximum absolute atomic E-state index is 12.2. The summed E-state index contributed by atoms with van der Waals surface area (Å²) in [7, 11) is -1.90. The van der Waals surface area contributed by atoms with Gasteiger partial charge in [0.1, 0.15) is 0 Å². The molecule has 1 amide bonds. The van der Waals surface area contributed by atoms with Crippen LogP contribution in [0.15, 0.2) is 11.6 Å². The van der Waals surface area contributed by atoms with Gasteiger partial charge in [-0.25, -0.2) is 5.06 Å². The minimum absolute atomic E-state index is 0.0950. The molecule has 1 aliphatic carbocycles. The SMILES string of the molecule is CC(C)(C)[Si](C)(C)OC1CC(=O)N(O)C2CCCC=C2C1. The molecule has 0 aromatic heterocycles. The van der Waals surface area contributed by atoms with Crippen molar-refractivity contribution < 1.29 is 14.4 Å². The number of allylic oxidation sites excluding steroid dienone is 1. The highest BCUT2D eigenvalue weighted by molar-refractivity contribution is 6.74. The van der Waals surface area contributed by atoms with Crippen molar-refractivity contribution in [2.24, 2.45) is 0 Å². The first-order chi connectivity index (χ1) is 9.62. The van der Waals surface area contributed by atoms with Gasteiger partial charge in [-0.1, -0.05) is 26.8 Å². The lowest BCUT2D eigenvalue weighted by molar-refractivity contribution is -0.173. The van der Waals surface area contributed by atoms with E-state index in [1.54, 1.807) is 0 Å². The molecule has 1 fully saturated rings. The zero-order chi connectivity index (χ0) is 15.8. The summed E-state index contributed by atoms with van der Waals surface area (Å²) in [5.74, 6) is -0.200. The molecule has 1 saturated heterocycles. The number of carbonyl (C=O) groups excluding carboxylic acids is 1. The molecule has 2 rings (SSSR count). The Labute approximate surface area is 129 Å². The lowest BCUT2D eigenvalue weighted by atomic mass is 9.91. The third kappa shape index (κ3) is 3.58. The predicted molar refractivity (Wildman–Crippen MR) is 85.7 cm³/mol. The van der Waals surface area contributed by atoms with Crippen LogP contribution in [0.4, 0.5) is 0 Å². The van der Waals surface area contributed by atoms with Crippen molar-refractivity contribution in [2.45, 2.75) is 83.2 Å². The number of nitrogens with zero attached hydrogens (tertiary/aromatic N) is 1. The highest BCUT2D eigenvalue weighted by Crippen LogP contribution is 2.40. The maximum Gasteiger partial charge on any atom is 0.249 e. The van der Waals surface area contributed by atoms with E-state index in [0.29, 0.717) is 0 Å². The van der Waals surface area contributed by atoms with Gasteiger partial charge in [-0.3, -0.25) is 10.0 Å². The van der Waals surface area contributed by atoms with Crippen LogP contribution < -0.4 is 0 Å². The largest absolute Gasteiger partial charge is 0.413 e. The molecule has 2 atom stereocenters. The van der Waals surface area contributed by atoms with Gasteiger partial charge in [0.15, 0.2) is 8.32 Å². The second-order valence-corrected chi connectivity index (χ2v) is 12.6. The van der Waals surface area contributed by atoms with Crippen molar-refractivity contribution in [3.05, 3.63) is 11.6 Å². The van der Waals surface area contributed by atoms with Gasteiger partial charge in [0.25, 0.3) is 0 Å². The van der Waals surface area contributed by atoms with Crippen LogP contribution in [0.3, 0.4) is 0 Å². The average Bonchev–Trinajstić information content (AvgIpc) is 2.46. The van der Waals surface area contributed by atoms with Crippen molar-refractivity contribution in [1.82, 2.24) is 5.06 Å². The quantitative estimate of drug-likeness (QED) is 0.478. The molecule has 0 bridgehead atoms. The minimum atomic E-state index is -1.90. The van der Waals surface area contributed by atoms with E-state index in [0.717, 1.165) is 30.7 Å². The lowest BCUT2D eigenvalue weighted by Crippen LogP contribution is -2.44. The highest BCUT2D eigenvalue weighted by atomic mass is 28.4. The van der Waals surface area contributed by atoms with Crippen molar-refractivity contribution in [3.8, 4) is 0 Å². The third-order valence-corrected chi connectivity index (χ3v) is 9.74. The third-order valence-electron chi connectivity index (χ3n) is 5.20. The Balaban J connectivity index is 2.18. The number of hydrogen-bond acceptors (Lipinski definition) is 3. The molecule has 21 heavy (non-hydrogen) atoms. The smallest absolute Gasteiger partial charge is 0.249 e. The Morgan fingerprint density at radius 3 is 2.62 bits per heavy atom. The molecule has 5 heteroatoms. The fraction of sp³-hybridized carbons (Fsp3) is 0.812. The monoisotopic (exact) mass is 311 g/mol. The molecule has 120 valence electrons. The first-order valence-electron chi connectivity index (χ1n) is 7.99.